The Hall–Kier alpha value is -1.24. The minimum Gasteiger partial charge on any atom is -0.504 e. The van der Waals surface area contributed by atoms with Gasteiger partial charge in [-0.2, -0.15) is 0 Å². The fourth-order valence-electron chi connectivity index (χ4n) is 4.84. The van der Waals surface area contributed by atoms with Gasteiger partial charge < -0.3 is 4.74 Å². The fraction of sp³-hybridized carbons (Fsp3) is 0.652. The molecule has 2 aliphatic rings. The van der Waals surface area contributed by atoms with Gasteiger partial charge in [-0.1, -0.05) is 44.0 Å². The van der Waals surface area contributed by atoms with E-state index in [0.717, 1.165) is 17.8 Å². The summed E-state index contributed by atoms with van der Waals surface area (Å²) in [7, 11) is 1.76. The number of hydrogen-bond acceptors (Lipinski definition) is 1. The van der Waals surface area contributed by atoms with Gasteiger partial charge in [0.25, 0.3) is 0 Å². The summed E-state index contributed by atoms with van der Waals surface area (Å²) in [4.78, 5) is 0. The highest BCUT2D eigenvalue weighted by molar-refractivity contribution is 5.29. The van der Waals surface area contributed by atoms with Crippen molar-refractivity contribution >= 4 is 0 Å². The average Bonchev–Trinajstić information content (AvgIpc) is 2.64. The Morgan fingerprint density at radius 1 is 0.875 bits per heavy atom. The van der Waals surface area contributed by atoms with Crippen molar-refractivity contribution in [3.8, 4) is 0 Å². The lowest BCUT2D eigenvalue weighted by Crippen LogP contribution is -2.13. The van der Waals surface area contributed by atoms with E-state index >= 15 is 0 Å². The Morgan fingerprint density at radius 3 is 1.92 bits per heavy atom. The van der Waals surface area contributed by atoms with Crippen LogP contribution in [0.3, 0.4) is 0 Å². The van der Waals surface area contributed by atoms with Gasteiger partial charge in [-0.15, -0.1) is 0 Å². The molecule has 0 aromatic heterocycles. The van der Waals surface area contributed by atoms with Gasteiger partial charge in [0.1, 0.15) is 0 Å². The van der Waals surface area contributed by atoms with Crippen LogP contribution in [0.15, 0.2) is 36.1 Å². The molecule has 3 rings (SSSR count). The van der Waals surface area contributed by atoms with E-state index in [4.69, 9.17) is 4.74 Å². The standard InChI is InChI=1S/C23H34O/c1-3-4-18-5-9-20(10-6-18)22-13-15-23(16-14-22)21-11-7-19(8-12-21)17-24-2/h13-18,20-21H,3-12H2,1-2H3. The average molecular weight is 327 g/mol. The normalized spacial score (nSPS) is 27.8. The lowest BCUT2D eigenvalue weighted by molar-refractivity contribution is 0.308. The molecule has 0 saturated heterocycles. The molecule has 1 nitrogen and oxygen atoms in total. The predicted octanol–water partition coefficient (Wildman–Crippen LogP) is 6.95. The van der Waals surface area contributed by atoms with Crippen LogP contribution in [-0.4, -0.2) is 7.11 Å². The van der Waals surface area contributed by atoms with Crippen molar-refractivity contribution in [2.24, 2.45) is 5.92 Å². The first-order chi connectivity index (χ1) is 11.8. The zero-order chi connectivity index (χ0) is 16.8. The molecular formula is C23H34O. The molecule has 0 heterocycles. The molecule has 0 bridgehead atoms. The van der Waals surface area contributed by atoms with Crippen LogP contribution in [0.1, 0.15) is 94.1 Å². The highest BCUT2D eigenvalue weighted by Crippen LogP contribution is 2.39. The highest BCUT2D eigenvalue weighted by Gasteiger charge is 2.23. The largest absolute Gasteiger partial charge is 0.504 e. The second kappa shape index (κ2) is 8.74. The molecule has 0 amide bonds. The first-order valence-electron chi connectivity index (χ1n) is 10.1. The summed E-state index contributed by atoms with van der Waals surface area (Å²) in [6, 6.07) is 9.70. The summed E-state index contributed by atoms with van der Waals surface area (Å²) in [5, 5.41) is 0. The number of methoxy groups -OCH3 is 1. The van der Waals surface area contributed by atoms with Crippen LogP contribution >= 0.6 is 0 Å². The first-order valence-corrected chi connectivity index (χ1v) is 10.1. The maximum absolute atomic E-state index is 5.17. The van der Waals surface area contributed by atoms with Crippen molar-refractivity contribution in [2.75, 3.05) is 7.11 Å². The molecule has 0 N–H and O–H groups in total. The predicted molar refractivity (Wildman–Crippen MR) is 102 cm³/mol. The third-order valence-corrected chi connectivity index (χ3v) is 6.34. The van der Waals surface area contributed by atoms with Gasteiger partial charge in [0, 0.05) is 0 Å². The smallest absolute Gasteiger partial charge is 0.0816 e. The third kappa shape index (κ3) is 4.43. The van der Waals surface area contributed by atoms with Gasteiger partial charge in [0.15, 0.2) is 0 Å². The van der Waals surface area contributed by atoms with Gasteiger partial charge in [-0.05, 0) is 85.8 Å². The second-order valence-electron chi connectivity index (χ2n) is 7.96. The van der Waals surface area contributed by atoms with Crippen molar-refractivity contribution in [1.29, 1.82) is 0 Å². The van der Waals surface area contributed by atoms with Gasteiger partial charge in [-0.25, -0.2) is 0 Å². The number of hydrogen-bond donors (Lipinski definition) is 0. The summed E-state index contributed by atoms with van der Waals surface area (Å²) in [6.07, 6.45) is 15.4. The molecule has 0 radical (unpaired) electrons. The summed E-state index contributed by atoms with van der Waals surface area (Å²) in [5.74, 6) is 2.56. The molecule has 1 heteroatoms. The first kappa shape index (κ1) is 17.6. The summed E-state index contributed by atoms with van der Waals surface area (Å²) < 4.78 is 5.17. The van der Waals surface area contributed by atoms with Crippen LogP contribution in [-0.2, 0) is 4.74 Å². The molecule has 2 saturated carbocycles. The zero-order valence-corrected chi connectivity index (χ0v) is 15.6. The van der Waals surface area contributed by atoms with Gasteiger partial charge >= 0.3 is 0 Å². The Bertz CT molecular complexity index is 509. The van der Waals surface area contributed by atoms with Crippen molar-refractivity contribution in [3.05, 3.63) is 47.2 Å². The lowest BCUT2D eigenvalue weighted by Gasteiger charge is -2.29. The third-order valence-electron chi connectivity index (χ3n) is 6.34. The monoisotopic (exact) mass is 326 g/mol. The van der Waals surface area contributed by atoms with E-state index < -0.39 is 0 Å². The maximum atomic E-state index is 5.17. The van der Waals surface area contributed by atoms with Crippen LogP contribution in [0, 0.1) is 5.92 Å². The molecule has 1 aromatic rings. The topological polar surface area (TPSA) is 9.23 Å². The van der Waals surface area contributed by atoms with E-state index in [2.05, 4.69) is 31.2 Å². The van der Waals surface area contributed by atoms with Gasteiger partial charge in [0.05, 0.1) is 13.4 Å². The molecule has 0 unspecified atom stereocenters. The van der Waals surface area contributed by atoms with Crippen molar-refractivity contribution in [1.82, 2.24) is 0 Å². The lowest BCUT2D eigenvalue weighted by atomic mass is 9.76. The summed E-state index contributed by atoms with van der Waals surface area (Å²) in [5.41, 5.74) is 4.62. The number of allylic oxidation sites excluding steroid dienone is 1. The number of benzene rings is 1. The Kier molecular flexibility index (Phi) is 6.40. The molecular weight excluding hydrogens is 292 g/mol. The van der Waals surface area contributed by atoms with Crippen LogP contribution in [0.5, 0.6) is 0 Å². The van der Waals surface area contributed by atoms with E-state index in [-0.39, 0.29) is 0 Å². The van der Waals surface area contributed by atoms with Crippen molar-refractivity contribution < 1.29 is 4.74 Å². The van der Waals surface area contributed by atoms with Gasteiger partial charge in [-0.3, -0.25) is 0 Å². The Morgan fingerprint density at radius 2 is 1.42 bits per heavy atom. The molecule has 2 fully saturated rings. The molecule has 132 valence electrons. The van der Waals surface area contributed by atoms with E-state index in [0.29, 0.717) is 0 Å². The number of rotatable bonds is 5. The SMILES string of the molecule is CCCC1CCC(c2ccc(C3CCC(=COC)CC3)cc2)CC1. The Balaban J connectivity index is 1.54. The quantitative estimate of drug-likeness (QED) is 0.532. The zero-order valence-electron chi connectivity index (χ0n) is 15.6. The van der Waals surface area contributed by atoms with Crippen molar-refractivity contribution in [3.63, 3.8) is 0 Å². The van der Waals surface area contributed by atoms with E-state index in [1.807, 2.05) is 6.26 Å². The fourth-order valence-corrected chi connectivity index (χ4v) is 4.84. The number of ether oxygens (including phenoxy) is 1. The molecule has 0 spiro atoms. The molecule has 2 aliphatic carbocycles. The van der Waals surface area contributed by atoms with Crippen LogP contribution in [0.4, 0.5) is 0 Å². The van der Waals surface area contributed by atoms with E-state index in [1.165, 1.54) is 69.8 Å². The van der Waals surface area contributed by atoms with Crippen LogP contribution in [0.25, 0.3) is 0 Å². The summed E-state index contributed by atoms with van der Waals surface area (Å²) >= 11 is 0. The Labute approximate surface area is 148 Å². The highest BCUT2D eigenvalue weighted by atomic mass is 16.5. The summed E-state index contributed by atoms with van der Waals surface area (Å²) in [6.45, 7) is 2.32. The van der Waals surface area contributed by atoms with Gasteiger partial charge in [0.2, 0.25) is 0 Å². The molecule has 1 aromatic carbocycles. The van der Waals surface area contributed by atoms with Crippen LogP contribution in [0.2, 0.25) is 0 Å². The molecule has 24 heavy (non-hydrogen) atoms. The van der Waals surface area contributed by atoms with E-state index in [1.54, 1.807) is 18.2 Å². The minimum absolute atomic E-state index is 0.744. The minimum atomic E-state index is 0.744. The van der Waals surface area contributed by atoms with Crippen molar-refractivity contribution in [2.45, 2.75) is 83.0 Å². The molecule has 0 atom stereocenters. The maximum Gasteiger partial charge on any atom is 0.0816 e. The molecule has 0 aliphatic heterocycles. The van der Waals surface area contributed by atoms with E-state index in [9.17, 15) is 0 Å². The van der Waals surface area contributed by atoms with Crippen LogP contribution < -0.4 is 0 Å². The second-order valence-corrected chi connectivity index (χ2v) is 7.96.